The summed E-state index contributed by atoms with van der Waals surface area (Å²) in [6.45, 7) is 3.95. The van der Waals surface area contributed by atoms with Crippen LogP contribution in [-0.2, 0) is 11.2 Å². The van der Waals surface area contributed by atoms with Gasteiger partial charge in [0.05, 0.1) is 11.0 Å². The zero-order chi connectivity index (χ0) is 23.4. The van der Waals surface area contributed by atoms with Crippen LogP contribution in [0.3, 0.4) is 0 Å². The Balaban J connectivity index is 1.67. The van der Waals surface area contributed by atoms with Crippen LogP contribution < -0.4 is 16.3 Å². The SMILES string of the molecule is CC(C)C(Nn1c(=O)c(Cc2ccc(O)cc2)nc2ccccc21)C(=O)NC1CCCCC1. The highest BCUT2D eigenvalue weighted by atomic mass is 16.3. The predicted molar refractivity (Wildman–Crippen MR) is 130 cm³/mol. The smallest absolute Gasteiger partial charge is 0.291 e. The summed E-state index contributed by atoms with van der Waals surface area (Å²) in [5, 5.41) is 12.7. The second-order valence-corrected chi connectivity index (χ2v) is 9.23. The maximum absolute atomic E-state index is 13.5. The summed E-state index contributed by atoms with van der Waals surface area (Å²) in [5.74, 6) is 0.0748. The second-order valence-electron chi connectivity index (χ2n) is 9.23. The van der Waals surface area contributed by atoms with Crippen LogP contribution in [0.25, 0.3) is 11.0 Å². The van der Waals surface area contributed by atoms with Crippen molar-refractivity contribution in [2.24, 2.45) is 5.92 Å². The van der Waals surface area contributed by atoms with Gasteiger partial charge in [0.2, 0.25) is 5.91 Å². The van der Waals surface area contributed by atoms with E-state index < -0.39 is 6.04 Å². The first-order valence-corrected chi connectivity index (χ1v) is 11.8. The van der Waals surface area contributed by atoms with E-state index in [1.165, 1.54) is 11.1 Å². The van der Waals surface area contributed by atoms with Crippen LogP contribution in [0.2, 0.25) is 0 Å². The number of hydrogen-bond acceptors (Lipinski definition) is 5. The number of phenolic OH excluding ortho intramolecular Hbond substituents is 1. The molecule has 4 rings (SSSR count). The van der Waals surface area contributed by atoms with Crippen molar-refractivity contribution in [1.29, 1.82) is 0 Å². The molecule has 33 heavy (non-hydrogen) atoms. The first kappa shape index (κ1) is 22.8. The Morgan fingerprint density at radius 3 is 2.48 bits per heavy atom. The molecule has 0 saturated heterocycles. The lowest BCUT2D eigenvalue weighted by Crippen LogP contribution is -2.51. The average Bonchev–Trinajstić information content (AvgIpc) is 2.81. The molecule has 1 unspecified atom stereocenters. The standard InChI is InChI=1S/C26H32N4O3/c1-17(2)24(25(32)27-19-8-4-3-5-9-19)29-30-23-11-7-6-10-21(23)28-22(26(30)33)16-18-12-14-20(31)15-13-18/h6-7,10-15,17,19,24,29,31H,3-5,8-9,16H2,1-2H3,(H,27,32). The molecular formula is C26H32N4O3. The first-order valence-electron chi connectivity index (χ1n) is 11.8. The molecule has 174 valence electrons. The Hall–Kier alpha value is -3.35. The number of para-hydroxylation sites is 2. The molecule has 3 N–H and O–H groups in total. The number of amides is 1. The van der Waals surface area contributed by atoms with Crippen molar-refractivity contribution in [3.63, 3.8) is 0 Å². The molecule has 1 heterocycles. The lowest BCUT2D eigenvalue weighted by atomic mass is 9.94. The van der Waals surface area contributed by atoms with Gasteiger partial charge in [-0.15, -0.1) is 0 Å². The van der Waals surface area contributed by atoms with E-state index >= 15 is 0 Å². The van der Waals surface area contributed by atoms with Crippen LogP contribution in [-0.4, -0.2) is 32.8 Å². The fourth-order valence-corrected chi connectivity index (χ4v) is 4.42. The van der Waals surface area contributed by atoms with Gasteiger partial charge >= 0.3 is 0 Å². The number of aromatic hydroxyl groups is 1. The minimum atomic E-state index is -0.558. The molecule has 1 aliphatic rings. The number of nitrogens with zero attached hydrogens (tertiary/aromatic N) is 2. The lowest BCUT2D eigenvalue weighted by Gasteiger charge is -2.29. The molecule has 7 heteroatoms. The molecule has 1 saturated carbocycles. The molecule has 1 amide bonds. The van der Waals surface area contributed by atoms with E-state index in [2.05, 4.69) is 15.7 Å². The molecule has 1 fully saturated rings. The highest BCUT2D eigenvalue weighted by molar-refractivity contribution is 5.84. The van der Waals surface area contributed by atoms with E-state index in [4.69, 9.17) is 0 Å². The summed E-state index contributed by atoms with van der Waals surface area (Å²) >= 11 is 0. The van der Waals surface area contributed by atoms with Crippen molar-refractivity contribution in [3.05, 3.63) is 70.1 Å². The van der Waals surface area contributed by atoms with Crippen LogP contribution in [0.1, 0.15) is 57.2 Å². The Morgan fingerprint density at radius 1 is 1.09 bits per heavy atom. The molecule has 3 aromatic rings. The molecule has 0 aliphatic heterocycles. The summed E-state index contributed by atoms with van der Waals surface area (Å²) in [4.78, 5) is 31.3. The number of benzene rings is 2. The Morgan fingerprint density at radius 2 is 1.79 bits per heavy atom. The first-order chi connectivity index (χ1) is 15.9. The van der Waals surface area contributed by atoms with Gasteiger partial charge in [0, 0.05) is 12.5 Å². The van der Waals surface area contributed by atoms with E-state index in [1.807, 2.05) is 38.1 Å². The number of hydrogen-bond donors (Lipinski definition) is 3. The predicted octanol–water partition coefficient (Wildman–Crippen LogP) is 3.71. The number of carbonyl (C=O) groups is 1. The van der Waals surface area contributed by atoms with Gasteiger partial charge in [-0.25, -0.2) is 9.66 Å². The number of rotatable bonds is 7. The molecule has 7 nitrogen and oxygen atoms in total. The van der Waals surface area contributed by atoms with Gasteiger partial charge < -0.3 is 15.8 Å². The molecule has 1 atom stereocenters. The minimum Gasteiger partial charge on any atom is -0.508 e. The van der Waals surface area contributed by atoms with Gasteiger partial charge in [0.25, 0.3) is 5.56 Å². The fraction of sp³-hybridized carbons (Fsp3) is 0.423. The number of phenols is 1. The number of nitrogens with one attached hydrogen (secondary N) is 2. The van der Waals surface area contributed by atoms with Crippen LogP contribution in [0, 0.1) is 5.92 Å². The average molecular weight is 449 g/mol. The summed E-state index contributed by atoms with van der Waals surface area (Å²) < 4.78 is 1.48. The summed E-state index contributed by atoms with van der Waals surface area (Å²) in [6.07, 6.45) is 5.84. The van der Waals surface area contributed by atoms with Crippen molar-refractivity contribution >= 4 is 16.9 Å². The topological polar surface area (TPSA) is 96.2 Å². The van der Waals surface area contributed by atoms with E-state index in [9.17, 15) is 14.7 Å². The van der Waals surface area contributed by atoms with Gasteiger partial charge in [0.15, 0.2) is 0 Å². The van der Waals surface area contributed by atoms with E-state index in [1.54, 1.807) is 24.3 Å². The Bertz CT molecular complexity index is 1160. The third kappa shape index (κ3) is 5.35. The normalized spacial score (nSPS) is 15.5. The minimum absolute atomic E-state index is 0.0204. The molecule has 0 radical (unpaired) electrons. The lowest BCUT2D eigenvalue weighted by molar-refractivity contribution is -0.123. The van der Waals surface area contributed by atoms with Crippen molar-refractivity contribution in [2.75, 3.05) is 5.43 Å². The zero-order valence-electron chi connectivity index (χ0n) is 19.3. The van der Waals surface area contributed by atoms with Gasteiger partial charge in [-0.05, 0) is 48.6 Å². The monoisotopic (exact) mass is 448 g/mol. The van der Waals surface area contributed by atoms with E-state index in [-0.39, 0.29) is 29.2 Å². The molecule has 1 aromatic heterocycles. The summed E-state index contributed by atoms with van der Waals surface area (Å²) in [6, 6.07) is 13.8. The molecule has 2 aromatic carbocycles. The third-order valence-electron chi connectivity index (χ3n) is 6.30. The Labute approximate surface area is 193 Å². The zero-order valence-corrected chi connectivity index (χ0v) is 19.3. The summed E-state index contributed by atoms with van der Waals surface area (Å²) in [5.41, 5.74) is 5.50. The van der Waals surface area contributed by atoms with Crippen LogP contribution >= 0.6 is 0 Å². The van der Waals surface area contributed by atoms with E-state index in [0.29, 0.717) is 23.1 Å². The third-order valence-corrected chi connectivity index (χ3v) is 6.30. The maximum Gasteiger partial charge on any atom is 0.291 e. The van der Waals surface area contributed by atoms with Crippen LogP contribution in [0.5, 0.6) is 5.75 Å². The second kappa shape index (κ2) is 10.1. The van der Waals surface area contributed by atoms with Crippen LogP contribution in [0.15, 0.2) is 53.3 Å². The van der Waals surface area contributed by atoms with Crippen molar-refractivity contribution in [1.82, 2.24) is 15.0 Å². The van der Waals surface area contributed by atoms with Gasteiger partial charge in [-0.1, -0.05) is 57.4 Å². The quantitative estimate of drug-likeness (QED) is 0.512. The van der Waals surface area contributed by atoms with Crippen LogP contribution in [0.4, 0.5) is 0 Å². The number of aromatic nitrogens is 2. The van der Waals surface area contributed by atoms with Gasteiger partial charge in [-0.2, -0.15) is 0 Å². The van der Waals surface area contributed by atoms with Crippen molar-refractivity contribution in [2.45, 2.75) is 64.5 Å². The van der Waals surface area contributed by atoms with Crippen molar-refractivity contribution < 1.29 is 9.90 Å². The van der Waals surface area contributed by atoms with E-state index in [0.717, 1.165) is 31.2 Å². The number of carbonyl (C=O) groups excluding carboxylic acids is 1. The highest BCUT2D eigenvalue weighted by Crippen LogP contribution is 2.19. The van der Waals surface area contributed by atoms with Crippen molar-refractivity contribution in [3.8, 4) is 5.75 Å². The molecule has 1 aliphatic carbocycles. The molecular weight excluding hydrogens is 416 g/mol. The highest BCUT2D eigenvalue weighted by Gasteiger charge is 2.26. The molecule has 0 spiro atoms. The summed E-state index contributed by atoms with van der Waals surface area (Å²) in [7, 11) is 0. The maximum atomic E-state index is 13.5. The molecule has 0 bridgehead atoms. The van der Waals surface area contributed by atoms with Gasteiger partial charge in [0.1, 0.15) is 17.5 Å². The largest absolute Gasteiger partial charge is 0.508 e. The Kier molecular flexibility index (Phi) is 6.96. The fourth-order valence-electron chi connectivity index (χ4n) is 4.42. The van der Waals surface area contributed by atoms with Gasteiger partial charge in [-0.3, -0.25) is 9.59 Å². The number of fused-ring (bicyclic) bond motifs is 1.